The summed E-state index contributed by atoms with van der Waals surface area (Å²) in [4.78, 5) is 19.0. The average molecular weight is 305 g/mol. The largest absolute Gasteiger partial charge is 0.506 e. The Morgan fingerprint density at radius 3 is 3.00 bits per heavy atom. The van der Waals surface area contributed by atoms with Crippen molar-refractivity contribution in [2.24, 2.45) is 4.99 Å². The number of aromatic hydroxyl groups is 1. The lowest BCUT2D eigenvalue weighted by Crippen LogP contribution is -1.85. The van der Waals surface area contributed by atoms with Crippen LogP contribution in [0.2, 0.25) is 0 Å². The summed E-state index contributed by atoms with van der Waals surface area (Å²) in [5, 5.41) is 23.7. The number of non-ortho nitro benzene ring substituents is 1. The summed E-state index contributed by atoms with van der Waals surface area (Å²) in [7, 11) is 0. The summed E-state index contributed by atoms with van der Waals surface area (Å²) < 4.78 is 0.772. The van der Waals surface area contributed by atoms with E-state index in [1.807, 2.05) is 0 Å². The van der Waals surface area contributed by atoms with Crippen molar-refractivity contribution in [1.29, 1.82) is 0 Å². The molecule has 0 aliphatic carbocycles. The Morgan fingerprint density at radius 2 is 2.30 bits per heavy atom. The molecular weight excluding hydrogens is 298 g/mol. The smallest absolute Gasteiger partial charge is 0.270 e. The van der Waals surface area contributed by atoms with Gasteiger partial charge in [0.05, 0.1) is 16.0 Å². The number of nitrogens with zero attached hydrogens (tertiary/aromatic N) is 3. The van der Waals surface area contributed by atoms with Gasteiger partial charge in [-0.15, -0.1) is 22.7 Å². The molecule has 1 aromatic carbocycles. The van der Waals surface area contributed by atoms with Crippen molar-refractivity contribution in [1.82, 2.24) is 4.98 Å². The lowest BCUT2D eigenvalue weighted by atomic mass is 10.2. The second-order valence-electron chi connectivity index (χ2n) is 3.83. The van der Waals surface area contributed by atoms with Crippen molar-refractivity contribution in [2.75, 3.05) is 0 Å². The molecule has 20 heavy (non-hydrogen) atoms. The van der Waals surface area contributed by atoms with Gasteiger partial charge in [0.15, 0.2) is 0 Å². The van der Waals surface area contributed by atoms with Crippen LogP contribution >= 0.6 is 22.7 Å². The van der Waals surface area contributed by atoms with Crippen LogP contribution in [0.15, 0.2) is 34.8 Å². The van der Waals surface area contributed by atoms with Gasteiger partial charge in [-0.2, -0.15) is 0 Å². The first kappa shape index (κ1) is 12.7. The van der Waals surface area contributed by atoms with Crippen LogP contribution in [0, 0.1) is 10.1 Å². The first-order valence-corrected chi connectivity index (χ1v) is 7.18. The van der Waals surface area contributed by atoms with Crippen molar-refractivity contribution < 1.29 is 10.0 Å². The van der Waals surface area contributed by atoms with E-state index in [9.17, 15) is 15.2 Å². The number of hydrogen-bond acceptors (Lipinski definition) is 7. The van der Waals surface area contributed by atoms with Gasteiger partial charge in [0, 0.05) is 33.8 Å². The molecule has 0 saturated heterocycles. The van der Waals surface area contributed by atoms with Crippen LogP contribution < -0.4 is 0 Å². The van der Waals surface area contributed by atoms with Crippen LogP contribution in [0.5, 0.6) is 5.75 Å². The molecule has 8 heteroatoms. The molecule has 0 amide bonds. The Labute approximate surface area is 120 Å². The summed E-state index contributed by atoms with van der Waals surface area (Å²) in [5.41, 5.74) is -0.0472. The minimum Gasteiger partial charge on any atom is -0.506 e. The molecule has 3 rings (SSSR count). The van der Waals surface area contributed by atoms with Crippen molar-refractivity contribution in [3.63, 3.8) is 0 Å². The number of hydrogen-bond donors (Lipinski definition) is 1. The van der Waals surface area contributed by atoms with Crippen molar-refractivity contribution >= 4 is 49.8 Å². The SMILES string of the molecule is O=[N+]([O-])c1ccc2sc(/C=N/c3nccs3)c(O)c2c1. The fourth-order valence-corrected chi connectivity index (χ4v) is 3.12. The Balaban J connectivity index is 2.04. The lowest BCUT2D eigenvalue weighted by Gasteiger charge is -1.92. The molecule has 100 valence electrons. The molecule has 0 atom stereocenters. The van der Waals surface area contributed by atoms with E-state index in [4.69, 9.17) is 0 Å². The number of benzene rings is 1. The fourth-order valence-electron chi connectivity index (χ4n) is 1.69. The van der Waals surface area contributed by atoms with E-state index in [2.05, 4.69) is 9.98 Å². The zero-order chi connectivity index (χ0) is 14.1. The monoisotopic (exact) mass is 305 g/mol. The van der Waals surface area contributed by atoms with E-state index in [0.29, 0.717) is 15.4 Å². The number of rotatable bonds is 3. The highest BCUT2D eigenvalue weighted by Crippen LogP contribution is 2.37. The first-order chi connectivity index (χ1) is 9.65. The normalized spacial score (nSPS) is 11.4. The summed E-state index contributed by atoms with van der Waals surface area (Å²) in [6, 6.07) is 4.40. The Morgan fingerprint density at radius 1 is 1.45 bits per heavy atom. The van der Waals surface area contributed by atoms with E-state index < -0.39 is 4.92 Å². The highest BCUT2D eigenvalue weighted by atomic mass is 32.1. The maximum atomic E-state index is 10.7. The standard InChI is InChI=1S/C12H7N3O3S2/c16-11-8-5-7(15(17)18)1-2-9(8)20-10(11)6-14-12-13-3-4-19-12/h1-6,16H/b14-6+. The predicted molar refractivity (Wildman–Crippen MR) is 79.5 cm³/mol. The molecule has 6 nitrogen and oxygen atoms in total. The lowest BCUT2D eigenvalue weighted by molar-refractivity contribution is -0.384. The number of aromatic nitrogens is 1. The minimum absolute atomic E-state index is 0.00834. The van der Waals surface area contributed by atoms with Gasteiger partial charge >= 0.3 is 0 Å². The molecule has 2 aromatic heterocycles. The van der Waals surface area contributed by atoms with E-state index in [0.717, 1.165) is 4.70 Å². The van der Waals surface area contributed by atoms with Gasteiger partial charge in [-0.1, -0.05) is 0 Å². The second kappa shape index (κ2) is 4.99. The van der Waals surface area contributed by atoms with Gasteiger partial charge in [-0.25, -0.2) is 9.98 Å². The maximum Gasteiger partial charge on any atom is 0.270 e. The molecular formula is C12H7N3O3S2. The Kier molecular flexibility index (Phi) is 3.17. The Hall–Kier alpha value is -2.32. The zero-order valence-electron chi connectivity index (χ0n) is 9.89. The van der Waals surface area contributed by atoms with Gasteiger partial charge in [-0.3, -0.25) is 10.1 Å². The summed E-state index contributed by atoms with van der Waals surface area (Å²) >= 11 is 2.71. The number of fused-ring (bicyclic) bond motifs is 1. The van der Waals surface area contributed by atoms with Gasteiger partial charge < -0.3 is 5.11 Å². The topological polar surface area (TPSA) is 88.6 Å². The Bertz CT molecular complexity index is 809. The van der Waals surface area contributed by atoms with E-state index in [1.165, 1.54) is 41.0 Å². The molecule has 0 unspecified atom stereocenters. The van der Waals surface area contributed by atoms with E-state index in [-0.39, 0.29) is 11.4 Å². The molecule has 2 heterocycles. The fraction of sp³-hybridized carbons (Fsp3) is 0. The van der Waals surface area contributed by atoms with Gasteiger partial charge in [0.1, 0.15) is 5.75 Å². The molecule has 0 spiro atoms. The second-order valence-corrected chi connectivity index (χ2v) is 5.78. The van der Waals surface area contributed by atoms with Crippen LogP contribution in [0.3, 0.4) is 0 Å². The van der Waals surface area contributed by atoms with Gasteiger partial charge in [0.25, 0.3) is 5.69 Å². The first-order valence-electron chi connectivity index (χ1n) is 5.48. The summed E-state index contributed by atoms with van der Waals surface area (Å²) in [5.74, 6) is 0.00834. The number of thiazole rings is 1. The van der Waals surface area contributed by atoms with Crippen molar-refractivity contribution in [3.8, 4) is 5.75 Å². The predicted octanol–water partition coefficient (Wildman–Crippen LogP) is 3.72. The van der Waals surface area contributed by atoms with E-state index in [1.54, 1.807) is 17.6 Å². The molecule has 3 aromatic rings. The van der Waals surface area contributed by atoms with Gasteiger partial charge in [0.2, 0.25) is 5.13 Å². The van der Waals surface area contributed by atoms with Crippen LogP contribution in [0.1, 0.15) is 4.88 Å². The third-order valence-electron chi connectivity index (χ3n) is 2.59. The number of aliphatic imine (C=N–C) groups is 1. The molecule has 0 fully saturated rings. The molecule has 1 N–H and O–H groups in total. The molecule has 0 aliphatic rings. The molecule has 0 aliphatic heterocycles. The highest BCUT2D eigenvalue weighted by molar-refractivity contribution is 7.21. The third-order valence-corrected chi connectivity index (χ3v) is 4.37. The van der Waals surface area contributed by atoms with Crippen LogP contribution in [0.25, 0.3) is 10.1 Å². The summed E-state index contributed by atoms with van der Waals surface area (Å²) in [6.45, 7) is 0. The third kappa shape index (κ3) is 2.26. The van der Waals surface area contributed by atoms with Crippen LogP contribution in [-0.2, 0) is 0 Å². The summed E-state index contributed by atoms with van der Waals surface area (Å²) in [6.07, 6.45) is 3.16. The molecule has 0 radical (unpaired) electrons. The van der Waals surface area contributed by atoms with Crippen LogP contribution in [-0.4, -0.2) is 21.2 Å². The zero-order valence-corrected chi connectivity index (χ0v) is 11.5. The highest BCUT2D eigenvalue weighted by Gasteiger charge is 2.14. The molecule has 0 saturated carbocycles. The quantitative estimate of drug-likeness (QED) is 0.453. The van der Waals surface area contributed by atoms with Crippen LogP contribution in [0.4, 0.5) is 10.8 Å². The average Bonchev–Trinajstić information content (AvgIpc) is 3.05. The number of nitro groups is 1. The number of thiophene rings is 1. The minimum atomic E-state index is -0.486. The van der Waals surface area contributed by atoms with Crippen molar-refractivity contribution in [2.45, 2.75) is 0 Å². The van der Waals surface area contributed by atoms with E-state index >= 15 is 0 Å². The number of nitro benzene ring substituents is 1. The van der Waals surface area contributed by atoms with Crippen molar-refractivity contribution in [3.05, 3.63) is 44.8 Å². The maximum absolute atomic E-state index is 10.7. The molecule has 0 bridgehead atoms. The van der Waals surface area contributed by atoms with Gasteiger partial charge in [-0.05, 0) is 6.07 Å².